The van der Waals surface area contributed by atoms with E-state index < -0.39 is 5.60 Å². The first-order valence-corrected chi connectivity index (χ1v) is 14.2. The highest BCUT2D eigenvalue weighted by Gasteiger charge is 2.27. The SMILES string of the molecule is COCCOc1cc(CN[C@@H]2CCCN(C(=O)OC(C)(C)C)C2)nc2c(OCC3CCCCC3)cccc12. The topological polar surface area (TPSA) is 82.2 Å². The van der Waals surface area contributed by atoms with Crippen LogP contribution in [0.2, 0.25) is 0 Å². The summed E-state index contributed by atoms with van der Waals surface area (Å²) in [4.78, 5) is 19.4. The van der Waals surface area contributed by atoms with E-state index in [1.54, 1.807) is 12.0 Å². The number of methoxy groups -OCH3 is 1. The van der Waals surface area contributed by atoms with E-state index in [9.17, 15) is 4.79 Å². The van der Waals surface area contributed by atoms with Crippen LogP contribution in [0.5, 0.6) is 11.5 Å². The number of para-hydroxylation sites is 1. The van der Waals surface area contributed by atoms with Crippen molar-refractivity contribution in [3.05, 3.63) is 30.0 Å². The molecule has 1 saturated carbocycles. The number of nitrogens with zero attached hydrogens (tertiary/aromatic N) is 2. The minimum atomic E-state index is -0.498. The van der Waals surface area contributed by atoms with Gasteiger partial charge in [-0.2, -0.15) is 0 Å². The molecule has 2 aromatic rings. The van der Waals surface area contributed by atoms with Crippen molar-refractivity contribution in [2.24, 2.45) is 5.92 Å². The standard InChI is InChI=1S/C30H45N3O5/c1-30(2,3)38-29(34)33-15-9-12-23(20-33)31-19-24-18-27(36-17-16-35-4)25-13-8-14-26(28(25)32-24)37-21-22-10-6-5-7-11-22/h8,13-14,18,22-23,31H,5-7,9-12,15-17,19-21H2,1-4H3/t23-/m1/s1. The van der Waals surface area contributed by atoms with Crippen molar-refractivity contribution in [1.29, 1.82) is 0 Å². The number of rotatable bonds is 10. The molecule has 8 heteroatoms. The summed E-state index contributed by atoms with van der Waals surface area (Å²) in [5, 5.41) is 4.56. The molecule has 8 nitrogen and oxygen atoms in total. The van der Waals surface area contributed by atoms with E-state index in [2.05, 4.69) is 5.32 Å². The molecule has 1 aromatic heterocycles. The number of fused-ring (bicyclic) bond motifs is 1. The van der Waals surface area contributed by atoms with Crippen LogP contribution < -0.4 is 14.8 Å². The number of likely N-dealkylation sites (tertiary alicyclic amines) is 1. The van der Waals surface area contributed by atoms with Gasteiger partial charge < -0.3 is 29.2 Å². The molecule has 0 radical (unpaired) electrons. The Morgan fingerprint density at radius 1 is 1.05 bits per heavy atom. The van der Waals surface area contributed by atoms with Crippen LogP contribution in [0, 0.1) is 5.92 Å². The van der Waals surface area contributed by atoms with Gasteiger partial charge in [0.1, 0.15) is 29.2 Å². The molecule has 1 atom stereocenters. The van der Waals surface area contributed by atoms with E-state index in [4.69, 9.17) is 23.9 Å². The largest absolute Gasteiger partial charge is 0.491 e. The molecule has 1 aliphatic carbocycles. The van der Waals surface area contributed by atoms with E-state index in [-0.39, 0.29) is 12.1 Å². The second-order valence-electron chi connectivity index (χ2n) is 11.6. The molecule has 0 unspecified atom stereocenters. The van der Waals surface area contributed by atoms with Gasteiger partial charge in [0, 0.05) is 44.2 Å². The second kappa shape index (κ2) is 13.5. The van der Waals surface area contributed by atoms with Gasteiger partial charge in [0.15, 0.2) is 0 Å². The van der Waals surface area contributed by atoms with Crippen LogP contribution in [-0.4, -0.2) is 67.6 Å². The third-order valence-corrected chi connectivity index (χ3v) is 7.21. The average Bonchev–Trinajstić information content (AvgIpc) is 2.90. The van der Waals surface area contributed by atoms with Gasteiger partial charge in [-0.15, -0.1) is 0 Å². The predicted molar refractivity (Wildman–Crippen MR) is 149 cm³/mol. The highest BCUT2D eigenvalue weighted by molar-refractivity contribution is 5.90. The number of benzene rings is 1. The fourth-order valence-electron chi connectivity index (χ4n) is 5.25. The Balaban J connectivity index is 1.47. The Labute approximate surface area is 227 Å². The van der Waals surface area contributed by atoms with Crippen LogP contribution in [0.15, 0.2) is 24.3 Å². The Morgan fingerprint density at radius 2 is 1.87 bits per heavy atom. The van der Waals surface area contributed by atoms with Crippen LogP contribution in [0.25, 0.3) is 10.9 Å². The fourth-order valence-corrected chi connectivity index (χ4v) is 5.25. The van der Waals surface area contributed by atoms with Crippen molar-refractivity contribution >= 4 is 17.0 Å². The number of carbonyl (C=O) groups excluding carboxylic acids is 1. The molecule has 1 amide bonds. The molecule has 0 spiro atoms. The van der Waals surface area contributed by atoms with E-state index in [1.165, 1.54) is 32.1 Å². The monoisotopic (exact) mass is 527 g/mol. The van der Waals surface area contributed by atoms with Gasteiger partial charge in [-0.25, -0.2) is 9.78 Å². The maximum absolute atomic E-state index is 12.6. The number of amides is 1. The lowest BCUT2D eigenvalue weighted by molar-refractivity contribution is 0.0187. The Kier molecular flexibility index (Phi) is 10.1. The van der Waals surface area contributed by atoms with E-state index in [0.29, 0.717) is 32.2 Å². The number of pyridine rings is 1. The number of carbonyl (C=O) groups is 1. The Hall–Kier alpha value is -2.58. The number of hydrogen-bond donors (Lipinski definition) is 1. The fraction of sp³-hybridized carbons (Fsp3) is 0.667. The lowest BCUT2D eigenvalue weighted by Gasteiger charge is -2.34. The highest BCUT2D eigenvalue weighted by atomic mass is 16.6. The molecule has 4 rings (SSSR count). The first kappa shape index (κ1) is 28.4. The quantitative estimate of drug-likeness (QED) is 0.397. The maximum Gasteiger partial charge on any atom is 0.410 e. The molecular weight excluding hydrogens is 482 g/mol. The first-order valence-electron chi connectivity index (χ1n) is 14.2. The molecule has 210 valence electrons. The zero-order valence-corrected chi connectivity index (χ0v) is 23.6. The van der Waals surface area contributed by atoms with Crippen molar-refractivity contribution in [2.75, 3.05) is 40.0 Å². The van der Waals surface area contributed by atoms with Crippen molar-refractivity contribution in [3.63, 3.8) is 0 Å². The molecule has 2 aliphatic rings. The number of hydrogen-bond acceptors (Lipinski definition) is 7. The summed E-state index contributed by atoms with van der Waals surface area (Å²) in [5.41, 5.74) is 1.21. The van der Waals surface area contributed by atoms with Crippen molar-refractivity contribution in [2.45, 2.75) is 83.9 Å². The van der Waals surface area contributed by atoms with Gasteiger partial charge in [0.2, 0.25) is 0 Å². The van der Waals surface area contributed by atoms with Crippen molar-refractivity contribution < 1.29 is 23.7 Å². The minimum absolute atomic E-state index is 0.171. The van der Waals surface area contributed by atoms with E-state index in [0.717, 1.165) is 54.1 Å². The molecule has 2 heterocycles. The Morgan fingerprint density at radius 3 is 2.63 bits per heavy atom. The first-order chi connectivity index (χ1) is 18.3. The zero-order valence-electron chi connectivity index (χ0n) is 23.6. The van der Waals surface area contributed by atoms with Crippen molar-refractivity contribution in [3.8, 4) is 11.5 Å². The summed E-state index contributed by atoms with van der Waals surface area (Å²) in [6.45, 7) is 9.31. The maximum atomic E-state index is 12.6. The van der Waals surface area contributed by atoms with Gasteiger partial charge in [-0.3, -0.25) is 0 Å². The van der Waals surface area contributed by atoms with Crippen LogP contribution in [0.1, 0.15) is 71.4 Å². The molecule has 1 N–H and O–H groups in total. The summed E-state index contributed by atoms with van der Waals surface area (Å²) in [6, 6.07) is 8.23. The van der Waals surface area contributed by atoms with Crippen LogP contribution in [-0.2, 0) is 16.0 Å². The lowest BCUT2D eigenvalue weighted by atomic mass is 9.90. The van der Waals surface area contributed by atoms with Gasteiger partial charge in [0.25, 0.3) is 0 Å². The number of nitrogens with one attached hydrogen (secondary N) is 1. The molecular formula is C30H45N3O5. The summed E-state index contributed by atoms with van der Waals surface area (Å²) in [5.74, 6) is 2.20. The van der Waals surface area contributed by atoms with Crippen LogP contribution in [0.3, 0.4) is 0 Å². The number of ether oxygens (including phenoxy) is 4. The third-order valence-electron chi connectivity index (χ3n) is 7.21. The molecule has 2 fully saturated rings. The van der Waals surface area contributed by atoms with Gasteiger partial charge in [0.05, 0.1) is 18.9 Å². The molecule has 1 saturated heterocycles. The van der Waals surface area contributed by atoms with E-state index in [1.807, 2.05) is 45.0 Å². The smallest absolute Gasteiger partial charge is 0.410 e. The Bertz CT molecular complexity index is 1050. The molecule has 1 aliphatic heterocycles. The zero-order chi connectivity index (χ0) is 27.0. The summed E-state index contributed by atoms with van der Waals surface area (Å²) in [7, 11) is 1.67. The molecule has 1 aromatic carbocycles. The van der Waals surface area contributed by atoms with Crippen LogP contribution >= 0.6 is 0 Å². The third kappa shape index (κ3) is 8.21. The molecule has 0 bridgehead atoms. The molecule has 38 heavy (non-hydrogen) atoms. The van der Waals surface area contributed by atoms with E-state index >= 15 is 0 Å². The number of piperidine rings is 1. The van der Waals surface area contributed by atoms with Crippen molar-refractivity contribution in [1.82, 2.24) is 15.2 Å². The second-order valence-corrected chi connectivity index (χ2v) is 11.6. The minimum Gasteiger partial charge on any atom is -0.491 e. The van der Waals surface area contributed by atoms with Gasteiger partial charge in [-0.05, 0) is 64.5 Å². The summed E-state index contributed by atoms with van der Waals surface area (Å²) >= 11 is 0. The highest BCUT2D eigenvalue weighted by Crippen LogP contribution is 2.33. The predicted octanol–water partition coefficient (Wildman–Crippen LogP) is 5.71. The summed E-state index contributed by atoms with van der Waals surface area (Å²) in [6.07, 6.45) is 8.08. The van der Waals surface area contributed by atoms with Gasteiger partial charge in [-0.1, -0.05) is 25.3 Å². The van der Waals surface area contributed by atoms with Crippen LogP contribution in [0.4, 0.5) is 4.79 Å². The number of aromatic nitrogens is 1. The summed E-state index contributed by atoms with van der Waals surface area (Å²) < 4.78 is 23.3. The lowest BCUT2D eigenvalue weighted by Crippen LogP contribution is -2.49. The van der Waals surface area contributed by atoms with Gasteiger partial charge >= 0.3 is 6.09 Å². The average molecular weight is 528 g/mol. The normalized spacial score (nSPS) is 18.9.